The Labute approximate surface area is 455 Å². The maximum Gasteiger partial charge on any atom is 0.508 e. The van der Waals surface area contributed by atoms with Crippen LogP contribution in [0.15, 0.2) is 12.3 Å². The molecule has 1 atom stereocenters. The minimum absolute atomic E-state index is 0.00470. The Hall–Kier alpha value is -2.82. The first kappa shape index (κ1) is 69.2. The number of hydrogen-bond donors (Lipinski definition) is 0. The number of likely N-dealkylation sites (tertiary alicyclic amines) is 1. The molecule has 0 bridgehead atoms. The van der Waals surface area contributed by atoms with Gasteiger partial charge in [0.2, 0.25) is 0 Å². The molecule has 0 amide bonds. The van der Waals surface area contributed by atoms with Crippen molar-refractivity contribution >= 4 is 24.1 Å². The van der Waals surface area contributed by atoms with Crippen LogP contribution in [0.25, 0.3) is 0 Å². The molecule has 1 aliphatic rings. The van der Waals surface area contributed by atoms with Gasteiger partial charge in [0.15, 0.2) is 0 Å². The highest BCUT2D eigenvalue weighted by Crippen LogP contribution is 2.21. The number of unbranched alkanes of at least 4 members (excludes halogenated alkanes) is 26. The Morgan fingerprint density at radius 2 is 0.743 bits per heavy atom. The zero-order valence-electron chi connectivity index (χ0n) is 48.8. The van der Waals surface area contributed by atoms with Gasteiger partial charge in [-0.05, 0) is 109 Å². The molecule has 1 heterocycles. The highest BCUT2D eigenvalue weighted by molar-refractivity contribution is 5.70. The van der Waals surface area contributed by atoms with Crippen LogP contribution in [-0.4, -0.2) is 87.2 Å². The van der Waals surface area contributed by atoms with Gasteiger partial charge in [0.25, 0.3) is 0 Å². The average molecular weight is 1050 g/mol. The second-order valence-electron chi connectivity index (χ2n) is 22.0. The van der Waals surface area contributed by atoms with Crippen LogP contribution in [0.5, 0.6) is 0 Å². The van der Waals surface area contributed by atoms with Crippen LogP contribution in [0.2, 0.25) is 0 Å². The van der Waals surface area contributed by atoms with Crippen molar-refractivity contribution in [3.8, 4) is 0 Å². The molecule has 434 valence electrons. The van der Waals surface area contributed by atoms with E-state index in [1.165, 1.54) is 141 Å². The van der Waals surface area contributed by atoms with E-state index in [0.29, 0.717) is 38.0 Å². The van der Waals surface area contributed by atoms with Gasteiger partial charge < -0.3 is 33.3 Å². The summed E-state index contributed by atoms with van der Waals surface area (Å²) in [4.78, 5) is 53.5. The molecule has 0 N–H and O–H groups in total. The summed E-state index contributed by atoms with van der Waals surface area (Å²) in [5, 5.41) is 0. The van der Waals surface area contributed by atoms with Gasteiger partial charge >= 0.3 is 24.1 Å². The Morgan fingerprint density at radius 3 is 1.18 bits per heavy atom. The van der Waals surface area contributed by atoms with E-state index in [9.17, 15) is 19.2 Å². The number of allylic oxidation sites excluding steroid dienone is 1. The van der Waals surface area contributed by atoms with Crippen molar-refractivity contribution in [1.29, 1.82) is 0 Å². The molecular formula is C63H117NO10. The zero-order valence-corrected chi connectivity index (χ0v) is 48.8. The molecular weight excluding hydrogens is 931 g/mol. The number of carbonyl (C=O) groups is 4. The number of nitrogens with zero attached hydrogens (tertiary/aromatic N) is 1. The van der Waals surface area contributed by atoms with Crippen LogP contribution in [0.3, 0.4) is 0 Å². The molecule has 0 radical (unpaired) electrons. The fraction of sp³-hybridized carbons (Fsp3) is 0.905. The first-order valence-corrected chi connectivity index (χ1v) is 31.6. The summed E-state index contributed by atoms with van der Waals surface area (Å²) in [6.07, 6.45) is 44.7. The molecule has 11 nitrogen and oxygen atoms in total. The van der Waals surface area contributed by atoms with Crippen molar-refractivity contribution in [1.82, 2.24) is 4.90 Å². The van der Waals surface area contributed by atoms with E-state index in [1.807, 2.05) is 0 Å². The molecule has 0 aromatic carbocycles. The zero-order chi connectivity index (χ0) is 53.8. The number of hydrogen-bond acceptors (Lipinski definition) is 11. The molecule has 11 heteroatoms. The molecule has 1 fully saturated rings. The van der Waals surface area contributed by atoms with E-state index in [-0.39, 0.29) is 62.3 Å². The lowest BCUT2D eigenvalue weighted by Crippen LogP contribution is -2.26. The standard InChI is InChI=1S/C63H117NO10/c1-6-10-14-18-22-31-42-58(43-32-23-19-15-11-7-2)73-61(66)47-36-27-26-30-41-56(5)70-53-57(55-72-63(68)69-52-40-51-64-49-38-39-50-64)54-71-60(65)46-35-28-29-37-48-62(67)74-59(44-33-24-20-16-12-8-3)45-34-25-21-17-13-9-4/h57-59H,5-55H2,1-4H3. The molecule has 1 rings (SSSR count). The quantitative estimate of drug-likeness (QED) is 0.0250. The van der Waals surface area contributed by atoms with Gasteiger partial charge in [0.1, 0.15) is 25.4 Å². The lowest BCUT2D eigenvalue weighted by Gasteiger charge is -2.19. The summed E-state index contributed by atoms with van der Waals surface area (Å²) in [5.74, 6) is -0.214. The fourth-order valence-electron chi connectivity index (χ4n) is 9.87. The minimum Gasteiger partial charge on any atom is -0.498 e. The minimum atomic E-state index is -0.730. The lowest BCUT2D eigenvalue weighted by molar-refractivity contribution is -0.151. The molecule has 74 heavy (non-hydrogen) atoms. The second kappa shape index (κ2) is 52.2. The summed E-state index contributed by atoms with van der Waals surface area (Å²) in [7, 11) is 0. The summed E-state index contributed by atoms with van der Waals surface area (Å²) >= 11 is 0. The van der Waals surface area contributed by atoms with Crippen molar-refractivity contribution < 1.29 is 47.6 Å². The maximum atomic E-state index is 12.9. The van der Waals surface area contributed by atoms with Gasteiger partial charge in [-0.3, -0.25) is 14.4 Å². The van der Waals surface area contributed by atoms with Crippen LogP contribution in [0.4, 0.5) is 4.79 Å². The number of esters is 3. The molecule has 0 aromatic rings. The van der Waals surface area contributed by atoms with Gasteiger partial charge in [-0.25, -0.2) is 4.79 Å². The van der Waals surface area contributed by atoms with Crippen LogP contribution in [0.1, 0.15) is 304 Å². The summed E-state index contributed by atoms with van der Waals surface area (Å²) in [6, 6.07) is 0. The SMILES string of the molecule is C=C(CCCCCCC(=O)OC(CCCCCCCC)CCCCCCCC)OCC(COC(=O)CCCCCCC(=O)OC(CCCCCCCC)CCCCCCCC)COC(=O)OCCCN1CCCC1. The first-order chi connectivity index (χ1) is 36.2. The summed E-state index contributed by atoms with van der Waals surface area (Å²) in [6.45, 7) is 16.7. The van der Waals surface area contributed by atoms with Crippen LogP contribution in [0, 0.1) is 5.92 Å². The van der Waals surface area contributed by atoms with Gasteiger partial charge in [-0.2, -0.15) is 0 Å². The lowest BCUT2D eigenvalue weighted by atomic mass is 10.0. The Bertz CT molecular complexity index is 1210. The fourth-order valence-corrected chi connectivity index (χ4v) is 9.87. The number of rotatable bonds is 55. The maximum absolute atomic E-state index is 12.9. The highest BCUT2D eigenvalue weighted by Gasteiger charge is 2.20. The van der Waals surface area contributed by atoms with E-state index in [0.717, 1.165) is 122 Å². The number of carbonyl (C=O) groups excluding carboxylic acids is 4. The van der Waals surface area contributed by atoms with E-state index < -0.39 is 6.16 Å². The van der Waals surface area contributed by atoms with Gasteiger partial charge in [0.05, 0.1) is 24.9 Å². The Balaban J connectivity index is 2.49. The normalized spacial score (nSPS) is 13.1. The van der Waals surface area contributed by atoms with Crippen LogP contribution in [-0.2, 0) is 42.8 Å². The van der Waals surface area contributed by atoms with Crippen LogP contribution >= 0.6 is 0 Å². The van der Waals surface area contributed by atoms with Crippen molar-refractivity contribution in [3.05, 3.63) is 12.3 Å². The Kier molecular flexibility index (Phi) is 48.9. The van der Waals surface area contributed by atoms with Crippen molar-refractivity contribution in [3.63, 3.8) is 0 Å². The predicted octanol–water partition coefficient (Wildman–Crippen LogP) is 17.8. The second-order valence-corrected chi connectivity index (χ2v) is 22.0. The molecule has 1 unspecified atom stereocenters. The topological polar surface area (TPSA) is 127 Å². The van der Waals surface area contributed by atoms with Crippen molar-refractivity contribution in [2.45, 2.75) is 316 Å². The smallest absolute Gasteiger partial charge is 0.498 e. The Morgan fingerprint density at radius 1 is 0.392 bits per heavy atom. The van der Waals surface area contributed by atoms with Crippen molar-refractivity contribution in [2.75, 3.05) is 46.1 Å². The predicted molar refractivity (Wildman–Crippen MR) is 304 cm³/mol. The molecule has 0 saturated carbocycles. The van der Waals surface area contributed by atoms with Gasteiger partial charge in [-0.1, -0.05) is 188 Å². The monoisotopic (exact) mass is 1050 g/mol. The largest absolute Gasteiger partial charge is 0.508 e. The van der Waals surface area contributed by atoms with Gasteiger partial charge in [0, 0.05) is 32.2 Å². The molecule has 0 spiro atoms. The van der Waals surface area contributed by atoms with E-state index >= 15 is 0 Å². The van der Waals surface area contributed by atoms with Crippen LogP contribution < -0.4 is 0 Å². The first-order valence-electron chi connectivity index (χ1n) is 31.6. The van der Waals surface area contributed by atoms with E-state index in [4.69, 9.17) is 28.4 Å². The summed E-state index contributed by atoms with van der Waals surface area (Å²) < 4.78 is 34.6. The average Bonchev–Trinajstić information content (AvgIpc) is 3.92. The third-order valence-corrected chi connectivity index (χ3v) is 14.7. The third-order valence-electron chi connectivity index (χ3n) is 14.7. The van der Waals surface area contributed by atoms with Crippen molar-refractivity contribution in [2.24, 2.45) is 5.92 Å². The van der Waals surface area contributed by atoms with E-state index in [2.05, 4.69) is 39.2 Å². The molecule has 0 aromatic heterocycles. The molecule has 0 aliphatic carbocycles. The third kappa shape index (κ3) is 45.4. The highest BCUT2D eigenvalue weighted by atomic mass is 16.7. The molecule has 1 aliphatic heterocycles. The van der Waals surface area contributed by atoms with Gasteiger partial charge in [-0.15, -0.1) is 0 Å². The number of ether oxygens (including phenoxy) is 6. The molecule has 1 saturated heterocycles. The van der Waals surface area contributed by atoms with E-state index in [1.54, 1.807) is 0 Å². The summed E-state index contributed by atoms with van der Waals surface area (Å²) in [5.41, 5.74) is 0.